The fourth-order valence-corrected chi connectivity index (χ4v) is 9.93. The lowest BCUT2D eigenvalue weighted by atomic mass is 9.93. The number of halogens is 15. The van der Waals surface area contributed by atoms with Crippen molar-refractivity contribution in [1.29, 1.82) is 0 Å². The summed E-state index contributed by atoms with van der Waals surface area (Å²) in [5.41, 5.74) is -5.64. The van der Waals surface area contributed by atoms with Gasteiger partial charge in [0.05, 0.1) is 16.7 Å². The SMILES string of the molecule is Fc1c(F)c(F)c(-c2cccc3c2oc2c(-c4cc(-c5ccnc6c5oc5c(-c7c(F)c(F)c(F)c(F)c7F)cccc56)cc(-c5ccnc6c5oc5c(-c7c(F)c(F)c(F)c(F)c7F)cccc56)c4)ccnc23)c(F)c1F. The lowest BCUT2D eigenvalue weighted by Crippen LogP contribution is -2.04. The van der Waals surface area contributed by atoms with Gasteiger partial charge in [0.2, 0.25) is 17.5 Å². The summed E-state index contributed by atoms with van der Waals surface area (Å²) in [6.45, 7) is 0. The van der Waals surface area contributed by atoms with Crippen LogP contribution in [0.25, 0.3) is 133 Å². The first kappa shape index (κ1) is 48.0. The first-order valence-corrected chi connectivity index (χ1v) is 22.6. The Kier molecular flexibility index (Phi) is 10.6. The quantitative estimate of drug-likeness (QED) is 0.0938. The molecule has 0 fully saturated rings. The minimum absolute atomic E-state index is 0.0358. The van der Waals surface area contributed by atoms with Crippen molar-refractivity contribution in [1.82, 2.24) is 15.0 Å². The molecule has 0 saturated carbocycles. The van der Waals surface area contributed by atoms with E-state index >= 15 is 26.3 Å². The zero-order valence-corrected chi connectivity index (χ0v) is 38.1. The molecular formula is C57H18F15N3O3. The Hall–Kier alpha value is -9.66. The van der Waals surface area contributed by atoms with Gasteiger partial charge in [0.15, 0.2) is 86.6 Å². The van der Waals surface area contributed by atoms with Gasteiger partial charge in [-0.15, -0.1) is 0 Å². The minimum Gasteiger partial charge on any atom is -0.453 e. The summed E-state index contributed by atoms with van der Waals surface area (Å²) in [5.74, 6) is -33.3. The van der Waals surface area contributed by atoms with Crippen LogP contribution in [0, 0.1) is 87.3 Å². The average molecular weight is 1080 g/mol. The fourth-order valence-electron chi connectivity index (χ4n) is 9.93. The lowest BCUT2D eigenvalue weighted by Gasteiger charge is -2.12. The number of hydrogen-bond donors (Lipinski definition) is 0. The Balaban J connectivity index is 1.08. The van der Waals surface area contributed by atoms with Crippen LogP contribution in [0.1, 0.15) is 0 Å². The molecule has 0 N–H and O–H groups in total. The molecule has 0 saturated heterocycles. The molecule has 384 valence electrons. The summed E-state index contributed by atoms with van der Waals surface area (Å²) < 4.78 is 242. The molecule has 0 amide bonds. The van der Waals surface area contributed by atoms with E-state index in [1.165, 1.54) is 73.2 Å². The lowest BCUT2D eigenvalue weighted by molar-refractivity contribution is 0.381. The standard InChI is InChI=1S/C57H18F15N3O3/c58-34-31(35(59)41(65)46(70)40(34)64)25-4-1-7-28-49-55(76-52(25)28)22(10-13-73-49)19-16-20(23-11-14-74-50-29-8-2-5-26(53(29)77-56(23)50)32-36(60)42(66)47(71)43(67)37(32)61)18-21(17-19)24-12-15-75-51-30-9-3-6-27(54(30)78-57(24)51)33-38(62)44(68)48(72)45(69)39(33)63/h1-18H. The summed E-state index contributed by atoms with van der Waals surface area (Å²) in [5, 5.41) is 0.195. The Labute approximate surface area is 422 Å². The maximum Gasteiger partial charge on any atom is 0.200 e. The van der Waals surface area contributed by atoms with E-state index in [-0.39, 0.29) is 99.6 Å². The van der Waals surface area contributed by atoms with Crippen molar-refractivity contribution in [3.63, 3.8) is 0 Å². The van der Waals surface area contributed by atoms with Crippen LogP contribution >= 0.6 is 0 Å². The first-order valence-electron chi connectivity index (χ1n) is 22.6. The predicted molar refractivity (Wildman–Crippen MR) is 254 cm³/mol. The van der Waals surface area contributed by atoms with Gasteiger partial charge in [0, 0.05) is 68.1 Å². The monoisotopic (exact) mass is 1080 g/mol. The highest BCUT2D eigenvalue weighted by atomic mass is 19.2. The molecule has 0 radical (unpaired) electrons. The molecule has 21 heteroatoms. The Morgan fingerprint density at radius 2 is 0.474 bits per heavy atom. The molecule has 0 bridgehead atoms. The third-order valence-electron chi connectivity index (χ3n) is 13.4. The molecule has 0 aliphatic rings. The molecule has 7 aromatic carbocycles. The Bertz CT molecular complexity index is 4260. The number of hydrogen-bond acceptors (Lipinski definition) is 6. The molecule has 6 nitrogen and oxygen atoms in total. The first-order chi connectivity index (χ1) is 37.5. The van der Waals surface area contributed by atoms with Crippen molar-refractivity contribution in [3.8, 4) is 66.8 Å². The molecule has 0 aliphatic carbocycles. The molecule has 0 aliphatic heterocycles. The number of benzene rings is 7. The zero-order chi connectivity index (χ0) is 54.5. The molecule has 0 atom stereocenters. The van der Waals surface area contributed by atoms with Gasteiger partial charge in [-0.2, -0.15) is 0 Å². The Morgan fingerprint density at radius 1 is 0.244 bits per heavy atom. The van der Waals surface area contributed by atoms with E-state index in [1.807, 2.05) is 0 Å². The summed E-state index contributed by atoms with van der Waals surface area (Å²) in [6, 6.07) is 20.3. The van der Waals surface area contributed by atoms with Crippen molar-refractivity contribution >= 4 is 66.2 Å². The number of para-hydroxylation sites is 3. The minimum atomic E-state index is -2.39. The van der Waals surface area contributed by atoms with E-state index in [4.69, 9.17) is 13.3 Å². The number of furan rings is 3. The second-order valence-corrected chi connectivity index (χ2v) is 17.6. The van der Waals surface area contributed by atoms with E-state index in [1.54, 1.807) is 18.2 Å². The molecule has 0 spiro atoms. The van der Waals surface area contributed by atoms with E-state index < -0.39 is 121 Å². The van der Waals surface area contributed by atoms with Gasteiger partial charge in [-0.05, 0) is 71.3 Å². The normalized spacial score (nSPS) is 12.0. The predicted octanol–water partition coefficient (Wildman–Crippen LogP) is 17.7. The summed E-state index contributed by atoms with van der Waals surface area (Å²) in [6.07, 6.45) is 3.96. The van der Waals surface area contributed by atoms with Crippen molar-refractivity contribution in [3.05, 3.63) is 197 Å². The third kappa shape index (κ3) is 6.65. The van der Waals surface area contributed by atoms with Crippen LogP contribution < -0.4 is 0 Å². The largest absolute Gasteiger partial charge is 0.453 e. The maximum absolute atomic E-state index is 15.4. The van der Waals surface area contributed by atoms with Crippen LogP contribution in [0.5, 0.6) is 0 Å². The highest BCUT2D eigenvalue weighted by molar-refractivity contribution is 6.15. The van der Waals surface area contributed by atoms with Gasteiger partial charge in [-0.1, -0.05) is 36.4 Å². The maximum atomic E-state index is 15.4. The topological polar surface area (TPSA) is 78.1 Å². The molecule has 13 aromatic rings. The molecule has 6 heterocycles. The fraction of sp³-hybridized carbons (Fsp3) is 0. The van der Waals surface area contributed by atoms with E-state index in [2.05, 4.69) is 15.0 Å². The highest BCUT2D eigenvalue weighted by Gasteiger charge is 2.33. The van der Waals surface area contributed by atoms with Crippen molar-refractivity contribution in [2.24, 2.45) is 0 Å². The van der Waals surface area contributed by atoms with Crippen molar-refractivity contribution < 1.29 is 79.1 Å². The number of pyridine rings is 3. The number of rotatable bonds is 6. The van der Waals surface area contributed by atoms with Crippen LogP contribution in [0.4, 0.5) is 65.9 Å². The highest BCUT2D eigenvalue weighted by Crippen LogP contribution is 2.48. The van der Waals surface area contributed by atoms with E-state index in [0.717, 1.165) is 18.2 Å². The second kappa shape index (κ2) is 17.2. The van der Waals surface area contributed by atoms with Crippen LogP contribution in [0.3, 0.4) is 0 Å². The van der Waals surface area contributed by atoms with Gasteiger partial charge < -0.3 is 13.3 Å². The third-order valence-corrected chi connectivity index (χ3v) is 13.4. The van der Waals surface area contributed by atoms with Crippen molar-refractivity contribution in [2.75, 3.05) is 0 Å². The summed E-state index contributed by atoms with van der Waals surface area (Å²) >= 11 is 0. The second-order valence-electron chi connectivity index (χ2n) is 17.6. The molecule has 0 unspecified atom stereocenters. The Morgan fingerprint density at radius 3 is 0.718 bits per heavy atom. The van der Waals surface area contributed by atoms with E-state index in [0.29, 0.717) is 0 Å². The van der Waals surface area contributed by atoms with Crippen LogP contribution in [0.15, 0.2) is 123 Å². The van der Waals surface area contributed by atoms with Crippen LogP contribution in [0.2, 0.25) is 0 Å². The summed E-state index contributed by atoms with van der Waals surface area (Å²) in [4.78, 5) is 13.3. The smallest absolute Gasteiger partial charge is 0.200 e. The van der Waals surface area contributed by atoms with Gasteiger partial charge in [0.25, 0.3) is 0 Å². The van der Waals surface area contributed by atoms with Gasteiger partial charge in [0.1, 0.15) is 33.3 Å². The molecule has 78 heavy (non-hydrogen) atoms. The van der Waals surface area contributed by atoms with Gasteiger partial charge in [-0.25, -0.2) is 65.9 Å². The van der Waals surface area contributed by atoms with Crippen LogP contribution in [-0.4, -0.2) is 15.0 Å². The summed E-state index contributed by atoms with van der Waals surface area (Å²) in [7, 11) is 0. The van der Waals surface area contributed by atoms with Gasteiger partial charge in [-0.3, -0.25) is 15.0 Å². The zero-order valence-electron chi connectivity index (χ0n) is 38.1. The molecule has 13 rings (SSSR count). The average Bonchev–Trinajstić information content (AvgIpc) is 4.32. The molecular weight excluding hydrogens is 1060 g/mol. The van der Waals surface area contributed by atoms with Crippen molar-refractivity contribution in [2.45, 2.75) is 0 Å². The number of nitrogens with zero attached hydrogens (tertiary/aromatic N) is 3. The number of aromatic nitrogens is 3. The van der Waals surface area contributed by atoms with Gasteiger partial charge >= 0.3 is 0 Å². The number of fused-ring (bicyclic) bond motifs is 9. The molecule has 6 aromatic heterocycles. The van der Waals surface area contributed by atoms with E-state index in [9.17, 15) is 39.5 Å². The van der Waals surface area contributed by atoms with Crippen LogP contribution in [-0.2, 0) is 0 Å².